The number of nitrogens with two attached hydrogens (primary N) is 1. The number of ether oxygens (including phenoxy) is 1. The number of nitrogens with one attached hydrogen (secondary N) is 1. The average Bonchev–Trinajstić information content (AvgIpc) is 2.42. The van der Waals surface area contributed by atoms with Crippen LogP contribution in [0.1, 0.15) is 6.42 Å². The van der Waals surface area contributed by atoms with Crippen molar-refractivity contribution in [1.82, 2.24) is 4.90 Å². The molecule has 0 unspecified atom stereocenters. The first kappa shape index (κ1) is 14.9. The fraction of sp³-hybridized carbons (Fsp3) is 0.308. The Morgan fingerprint density at radius 3 is 2.67 bits per heavy atom. The lowest BCUT2D eigenvalue weighted by molar-refractivity contribution is -0.158. The van der Waals surface area contributed by atoms with E-state index in [0.717, 1.165) is 11.0 Å². The molecule has 3 amide bonds. The maximum Gasteiger partial charge on any atom is 0.255 e. The first-order valence-electron chi connectivity index (χ1n) is 6.23. The topological polar surface area (TPSA) is 102 Å². The van der Waals surface area contributed by atoms with Gasteiger partial charge in [0.15, 0.2) is 0 Å². The molecule has 1 heterocycles. The number of rotatable bonds is 4. The number of carbonyl (C=O) groups excluding carboxylic acids is 3. The van der Waals surface area contributed by atoms with Crippen LogP contribution in [0, 0.1) is 5.82 Å². The number of halogens is 1. The number of hydrogen-bond donors (Lipinski definition) is 2. The van der Waals surface area contributed by atoms with E-state index in [-0.39, 0.29) is 31.9 Å². The van der Waals surface area contributed by atoms with E-state index in [4.69, 9.17) is 10.5 Å². The number of morpholine rings is 1. The van der Waals surface area contributed by atoms with Crippen molar-refractivity contribution < 1.29 is 23.5 Å². The summed E-state index contributed by atoms with van der Waals surface area (Å²) in [7, 11) is 0. The van der Waals surface area contributed by atoms with Gasteiger partial charge in [-0.15, -0.1) is 0 Å². The van der Waals surface area contributed by atoms with Gasteiger partial charge in [0.2, 0.25) is 5.91 Å². The highest BCUT2D eigenvalue weighted by molar-refractivity contribution is 5.99. The molecule has 3 N–H and O–H groups in total. The highest BCUT2D eigenvalue weighted by atomic mass is 19.1. The van der Waals surface area contributed by atoms with Gasteiger partial charge >= 0.3 is 0 Å². The second-order valence-corrected chi connectivity index (χ2v) is 4.47. The zero-order chi connectivity index (χ0) is 15.4. The van der Waals surface area contributed by atoms with E-state index in [1.54, 1.807) is 0 Å². The molecule has 2 rings (SSSR count). The summed E-state index contributed by atoms with van der Waals surface area (Å²) in [6, 6.07) is 3.80. The van der Waals surface area contributed by atoms with Crippen LogP contribution in [-0.2, 0) is 19.1 Å². The van der Waals surface area contributed by atoms with Crippen LogP contribution in [0.15, 0.2) is 18.2 Å². The van der Waals surface area contributed by atoms with E-state index in [2.05, 4.69) is 5.32 Å². The summed E-state index contributed by atoms with van der Waals surface area (Å²) in [5.74, 6) is -2.12. The number of nitrogens with zero attached hydrogens (tertiary/aromatic N) is 1. The number of carbonyl (C=O) groups is 3. The van der Waals surface area contributed by atoms with Crippen molar-refractivity contribution in [2.75, 3.05) is 30.8 Å². The van der Waals surface area contributed by atoms with Gasteiger partial charge in [-0.25, -0.2) is 4.39 Å². The van der Waals surface area contributed by atoms with Crippen molar-refractivity contribution >= 4 is 29.1 Å². The Kier molecular flexibility index (Phi) is 4.49. The molecule has 112 valence electrons. The monoisotopic (exact) mass is 295 g/mol. The molecule has 0 aliphatic carbocycles. The SMILES string of the molecule is Nc1ccc(F)c(NC(=O)CCN2C(=O)COCC2=O)c1. The summed E-state index contributed by atoms with van der Waals surface area (Å²) in [5.41, 5.74) is 5.77. The van der Waals surface area contributed by atoms with Crippen molar-refractivity contribution in [3.63, 3.8) is 0 Å². The molecule has 1 aromatic carbocycles. The Morgan fingerprint density at radius 2 is 2.00 bits per heavy atom. The van der Waals surface area contributed by atoms with E-state index in [1.165, 1.54) is 12.1 Å². The van der Waals surface area contributed by atoms with Crippen LogP contribution in [0.25, 0.3) is 0 Å². The standard InChI is InChI=1S/C13H14FN3O4/c14-9-2-1-8(15)5-10(9)16-11(18)3-4-17-12(19)6-21-7-13(17)20/h1-2,5H,3-4,6-7,15H2,(H,16,18). The molecular formula is C13H14FN3O4. The molecule has 21 heavy (non-hydrogen) atoms. The highest BCUT2D eigenvalue weighted by Crippen LogP contribution is 2.17. The van der Waals surface area contributed by atoms with Crippen LogP contribution in [0.3, 0.4) is 0 Å². The third-order valence-electron chi connectivity index (χ3n) is 2.88. The summed E-state index contributed by atoms with van der Waals surface area (Å²) >= 11 is 0. The van der Waals surface area contributed by atoms with Gasteiger partial charge in [-0.05, 0) is 18.2 Å². The summed E-state index contributed by atoms with van der Waals surface area (Å²) in [5, 5.41) is 2.35. The first-order chi connectivity index (χ1) is 9.97. The molecule has 1 aliphatic heterocycles. The molecule has 7 nitrogen and oxygen atoms in total. The molecule has 1 aliphatic rings. The zero-order valence-electron chi connectivity index (χ0n) is 11.1. The average molecular weight is 295 g/mol. The molecule has 1 fully saturated rings. The number of imide groups is 1. The van der Waals surface area contributed by atoms with Gasteiger partial charge in [0.1, 0.15) is 19.0 Å². The van der Waals surface area contributed by atoms with Crippen molar-refractivity contribution in [2.45, 2.75) is 6.42 Å². The number of hydrogen-bond acceptors (Lipinski definition) is 5. The Hall–Kier alpha value is -2.48. The minimum absolute atomic E-state index is 0.0420. The van der Waals surface area contributed by atoms with Crippen LogP contribution in [-0.4, -0.2) is 42.4 Å². The molecule has 1 aromatic rings. The molecule has 8 heteroatoms. The first-order valence-corrected chi connectivity index (χ1v) is 6.23. The van der Waals surface area contributed by atoms with E-state index in [1.807, 2.05) is 0 Å². The Bertz CT molecular complexity index is 575. The third-order valence-corrected chi connectivity index (χ3v) is 2.88. The molecule has 0 aromatic heterocycles. The van der Waals surface area contributed by atoms with Crippen LogP contribution < -0.4 is 11.1 Å². The second kappa shape index (κ2) is 6.31. The lowest BCUT2D eigenvalue weighted by Gasteiger charge is -2.24. The molecule has 1 saturated heterocycles. The van der Waals surface area contributed by atoms with Crippen LogP contribution in [0.5, 0.6) is 0 Å². The fourth-order valence-corrected chi connectivity index (χ4v) is 1.83. The smallest absolute Gasteiger partial charge is 0.255 e. The Labute approximate surface area is 119 Å². The Balaban J connectivity index is 1.91. The van der Waals surface area contributed by atoms with Crippen LogP contribution >= 0.6 is 0 Å². The number of anilines is 2. The minimum atomic E-state index is -0.615. The molecule has 0 saturated carbocycles. The lowest BCUT2D eigenvalue weighted by Crippen LogP contribution is -2.47. The van der Waals surface area contributed by atoms with Gasteiger partial charge in [-0.3, -0.25) is 19.3 Å². The highest BCUT2D eigenvalue weighted by Gasteiger charge is 2.26. The summed E-state index contributed by atoms with van der Waals surface area (Å²) in [4.78, 5) is 35.6. The van der Waals surface area contributed by atoms with Crippen molar-refractivity contribution in [1.29, 1.82) is 0 Å². The van der Waals surface area contributed by atoms with Gasteiger partial charge in [0, 0.05) is 18.7 Å². The summed E-state index contributed by atoms with van der Waals surface area (Å²) in [6.45, 7) is -0.439. The van der Waals surface area contributed by atoms with Crippen LogP contribution in [0.4, 0.5) is 15.8 Å². The minimum Gasteiger partial charge on any atom is -0.399 e. The number of nitrogen functional groups attached to an aromatic ring is 1. The van der Waals surface area contributed by atoms with E-state index < -0.39 is 23.5 Å². The van der Waals surface area contributed by atoms with Gasteiger partial charge < -0.3 is 15.8 Å². The van der Waals surface area contributed by atoms with Gasteiger partial charge in [0.05, 0.1) is 5.69 Å². The fourth-order valence-electron chi connectivity index (χ4n) is 1.83. The van der Waals surface area contributed by atoms with Gasteiger partial charge in [-0.1, -0.05) is 0 Å². The normalized spacial score (nSPS) is 15.2. The maximum atomic E-state index is 13.4. The Morgan fingerprint density at radius 1 is 1.33 bits per heavy atom. The predicted octanol–water partition coefficient (Wildman–Crippen LogP) is 0.122. The summed E-state index contributed by atoms with van der Waals surface area (Å²) in [6.07, 6.45) is -0.133. The van der Waals surface area contributed by atoms with Crippen LogP contribution in [0.2, 0.25) is 0 Å². The number of amides is 3. The predicted molar refractivity (Wildman–Crippen MR) is 71.6 cm³/mol. The van der Waals surface area contributed by atoms with Crippen molar-refractivity contribution in [2.24, 2.45) is 0 Å². The summed E-state index contributed by atoms with van der Waals surface area (Å²) < 4.78 is 18.2. The van der Waals surface area contributed by atoms with E-state index in [0.29, 0.717) is 5.69 Å². The van der Waals surface area contributed by atoms with E-state index in [9.17, 15) is 18.8 Å². The largest absolute Gasteiger partial charge is 0.399 e. The lowest BCUT2D eigenvalue weighted by atomic mass is 10.2. The van der Waals surface area contributed by atoms with Gasteiger partial charge in [-0.2, -0.15) is 0 Å². The molecule has 0 spiro atoms. The zero-order valence-corrected chi connectivity index (χ0v) is 11.1. The van der Waals surface area contributed by atoms with E-state index >= 15 is 0 Å². The molecular weight excluding hydrogens is 281 g/mol. The van der Waals surface area contributed by atoms with Crippen molar-refractivity contribution in [3.05, 3.63) is 24.0 Å². The third kappa shape index (κ3) is 3.76. The van der Waals surface area contributed by atoms with Gasteiger partial charge in [0.25, 0.3) is 11.8 Å². The molecule has 0 radical (unpaired) electrons. The molecule has 0 atom stereocenters. The second-order valence-electron chi connectivity index (χ2n) is 4.47. The molecule has 0 bridgehead atoms. The number of benzene rings is 1. The quantitative estimate of drug-likeness (QED) is 0.607. The van der Waals surface area contributed by atoms with Crippen molar-refractivity contribution in [3.8, 4) is 0 Å². The maximum absolute atomic E-state index is 13.4.